The van der Waals surface area contributed by atoms with Gasteiger partial charge in [-0.05, 0) is 33.9 Å². The van der Waals surface area contributed by atoms with Crippen molar-refractivity contribution in [2.45, 2.75) is 66.3 Å². The molecule has 2 N–H and O–H groups in total. The van der Waals surface area contributed by atoms with Gasteiger partial charge < -0.3 is 10.2 Å². The monoisotopic (exact) mass is 337 g/mol. The average molecular weight is 338 g/mol. The van der Waals surface area contributed by atoms with E-state index in [1.54, 1.807) is 0 Å². The lowest BCUT2D eigenvalue weighted by molar-refractivity contribution is 0.247. The molecule has 1 aromatic rings. The SMILES string of the molecule is CCN(CC)CCNC(=O)Nc1cc(C(C)(C)C)nn1C(C)(C)C. The number of aromatic nitrogens is 2. The quantitative estimate of drug-likeness (QED) is 0.836. The summed E-state index contributed by atoms with van der Waals surface area (Å²) >= 11 is 0. The zero-order valence-electron chi connectivity index (χ0n) is 16.7. The second-order valence-corrected chi connectivity index (χ2v) is 8.16. The van der Waals surface area contributed by atoms with Gasteiger partial charge in [-0.25, -0.2) is 9.48 Å². The van der Waals surface area contributed by atoms with Crippen molar-refractivity contribution < 1.29 is 4.79 Å². The molecule has 0 aliphatic rings. The molecular weight excluding hydrogens is 302 g/mol. The first kappa shape index (κ1) is 20.5. The molecule has 0 unspecified atom stereocenters. The topological polar surface area (TPSA) is 62.2 Å². The van der Waals surface area contributed by atoms with Gasteiger partial charge in [0.05, 0.1) is 11.2 Å². The van der Waals surface area contributed by atoms with Gasteiger partial charge in [-0.3, -0.25) is 5.32 Å². The third-order valence-electron chi connectivity index (χ3n) is 3.96. The second kappa shape index (κ2) is 8.01. The fourth-order valence-corrected chi connectivity index (χ4v) is 2.38. The summed E-state index contributed by atoms with van der Waals surface area (Å²) in [6.45, 7) is 20.3. The lowest BCUT2D eigenvalue weighted by Gasteiger charge is -2.23. The standard InChI is InChI=1S/C18H35N5O/c1-9-22(10-2)12-11-19-16(24)20-15-13-14(17(3,4)5)21-23(15)18(6,7)8/h13H,9-12H2,1-8H3,(H2,19,20,24). The van der Waals surface area contributed by atoms with Crippen molar-refractivity contribution in [3.05, 3.63) is 11.8 Å². The molecule has 6 nitrogen and oxygen atoms in total. The summed E-state index contributed by atoms with van der Waals surface area (Å²) in [4.78, 5) is 14.5. The summed E-state index contributed by atoms with van der Waals surface area (Å²) < 4.78 is 1.89. The number of nitrogens with zero attached hydrogens (tertiary/aromatic N) is 3. The Morgan fingerprint density at radius 3 is 2.21 bits per heavy atom. The number of hydrogen-bond donors (Lipinski definition) is 2. The van der Waals surface area contributed by atoms with Gasteiger partial charge in [0.15, 0.2) is 0 Å². The van der Waals surface area contributed by atoms with Crippen molar-refractivity contribution in [3.63, 3.8) is 0 Å². The third-order valence-corrected chi connectivity index (χ3v) is 3.96. The van der Waals surface area contributed by atoms with Crippen LogP contribution in [0.2, 0.25) is 0 Å². The molecule has 0 aliphatic heterocycles. The van der Waals surface area contributed by atoms with E-state index in [1.807, 2.05) is 10.7 Å². The number of likely N-dealkylation sites (N-methyl/N-ethyl adjacent to an activating group) is 1. The molecule has 0 atom stereocenters. The van der Waals surface area contributed by atoms with Crippen molar-refractivity contribution >= 4 is 11.8 Å². The van der Waals surface area contributed by atoms with Gasteiger partial charge in [-0.15, -0.1) is 0 Å². The number of carbonyl (C=O) groups is 1. The van der Waals surface area contributed by atoms with Crippen LogP contribution in [0.15, 0.2) is 6.07 Å². The minimum atomic E-state index is -0.201. The first-order valence-corrected chi connectivity index (χ1v) is 8.87. The van der Waals surface area contributed by atoms with Crippen LogP contribution in [0.4, 0.5) is 10.6 Å². The molecular formula is C18H35N5O. The minimum Gasteiger partial charge on any atom is -0.337 e. The van der Waals surface area contributed by atoms with Crippen LogP contribution in [-0.4, -0.2) is 46.9 Å². The first-order chi connectivity index (χ1) is 11.0. The van der Waals surface area contributed by atoms with E-state index >= 15 is 0 Å². The van der Waals surface area contributed by atoms with Gasteiger partial charge in [0, 0.05) is 24.6 Å². The molecule has 1 heterocycles. The van der Waals surface area contributed by atoms with Crippen LogP contribution in [0, 0.1) is 0 Å². The van der Waals surface area contributed by atoms with Crippen LogP contribution in [0.25, 0.3) is 0 Å². The van der Waals surface area contributed by atoms with Crippen LogP contribution in [0.5, 0.6) is 0 Å². The summed E-state index contributed by atoms with van der Waals surface area (Å²) in [5, 5.41) is 10.6. The van der Waals surface area contributed by atoms with Gasteiger partial charge >= 0.3 is 6.03 Å². The van der Waals surface area contributed by atoms with Gasteiger partial charge in [-0.2, -0.15) is 5.10 Å². The van der Waals surface area contributed by atoms with Crippen LogP contribution in [0.1, 0.15) is 61.1 Å². The maximum Gasteiger partial charge on any atom is 0.320 e. The van der Waals surface area contributed by atoms with Crippen molar-refractivity contribution in [1.29, 1.82) is 0 Å². The highest BCUT2D eigenvalue weighted by Crippen LogP contribution is 2.28. The summed E-state index contributed by atoms with van der Waals surface area (Å²) in [5.74, 6) is 0.729. The van der Waals surface area contributed by atoms with Crippen molar-refractivity contribution in [2.24, 2.45) is 0 Å². The molecule has 0 aliphatic carbocycles. The van der Waals surface area contributed by atoms with E-state index in [-0.39, 0.29) is 17.0 Å². The van der Waals surface area contributed by atoms with Gasteiger partial charge in [0.1, 0.15) is 5.82 Å². The van der Waals surface area contributed by atoms with Crippen LogP contribution in [0.3, 0.4) is 0 Å². The molecule has 0 aromatic carbocycles. The lowest BCUT2D eigenvalue weighted by atomic mass is 9.92. The zero-order valence-corrected chi connectivity index (χ0v) is 16.7. The van der Waals surface area contributed by atoms with Crippen LogP contribution in [-0.2, 0) is 11.0 Å². The lowest BCUT2D eigenvalue weighted by Crippen LogP contribution is -2.37. The smallest absolute Gasteiger partial charge is 0.320 e. The van der Waals surface area contributed by atoms with Gasteiger partial charge in [0.2, 0.25) is 0 Å². The maximum atomic E-state index is 12.2. The Morgan fingerprint density at radius 2 is 1.75 bits per heavy atom. The van der Waals surface area contributed by atoms with E-state index in [9.17, 15) is 4.79 Å². The van der Waals surface area contributed by atoms with Crippen molar-refractivity contribution in [3.8, 4) is 0 Å². The molecule has 0 radical (unpaired) electrons. The van der Waals surface area contributed by atoms with Crippen molar-refractivity contribution in [1.82, 2.24) is 20.0 Å². The first-order valence-electron chi connectivity index (χ1n) is 8.87. The van der Waals surface area contributed by atoms with Gasteiger partial charge in [-0.1, -0.05) is 34.6 Å². The van der Waals surface area contributed by atoms with E-state index in [0.717, 1.165) is 31.1 Å². The highest BCUT2D eigenvalue weighted by atomic mass is 16.2. The predicted octanol–water partition coefficient (Wildman–Crippen LogP) is 3.40. The summed E-state index contributed by atoms with van der Waals surface area (Å²) in [6, 6.07) is 1.78. The molecule has 138 valence electrons. The second-order valence-electron chi connectivity index (χ2n) is 8.16. The molecule has 6 heteroatoms. The Bertz CT molecular complexity index is 533. The van der Waals surface area contributed by atoms with Crippen LogP contribution >= 0.6 is 0 Å². The molecule has 0 fully saturated rings. The largest absolute Gasteiger partial charge is 0.337 e. The average Bonchev–Trinajstić information content (AvgIpc) is 2.87. The Hall–Kier alpha value is -1.56. The highest BCUT2D eigenvalue weighted by Gasteiger charge is 2.25. The molecule has 0 bridgehead atoms. The highest BCUT2D eigenvalue weighted by molar-refractivity contribution is 5.88. The Balaban J connectivity index is 2.79. The maximum absolute atomic E-state index is 12.2. The third kappa shape index (κ3) is 5.82. The molecule has 0 saturated carbocycles. The molecule has 0 spiro atoms. The number of urea groups is 1. The number of rotatable bonds is 6. The van der Waals surface area contributed by atoms with E-state index in [4.69, 9.17) is 5.10 Å². The Kier molecular flexibility index (Phi) is 6.84. The van der Waals surface area contributed by atoms with E-state index in [2.05, 4.69) is 70.9 Å². The van der Waals surface area contributed by atoms with Crippen LogP contribution < -0.4 is 10.6 Å². The number of anilines is 1. The van der Waals surface area contributed by atoms with E-state index in [0.29, 0.717) is 6.54 Å². The van der Waals surface area contributed by atoms with Crippen molar-refractivity contribution in [2.75, 3.05) is 31.5 Å². The van der Waals surface area contributed by atoms with E-state index in [1.165, 1.54) is 0 Å². The fourth-order valence-electron chi connectivity index (χ4n) is 2.38. The Morgan fingerprint density at radius 1 is 1.17 bits per heavy atom. The molecule has 1 rings (SSSR count). The molecule has 24 heavy (non-hydrogen) atoms. The normalized spacial score (nSPS) is 12.5. The predicted molar refractivity (Wildman–Crippen MR) is 101 cm³/mol. The van der Waals surface area contributed by atoms with Gasteiger partial charge in [0.25, 0.3) is 0 Å². The van der Waals surface area contributed by atoms with E-state index < -0.39 is 0 Å². The zero-order chi connectivity index (χ0) is 18.5. The number of carbonyl (C=O) groups excluding carboxylic acids is 1. The summed E-state index contributed by atoms with van der Waals surface area (Å²) in [5.41, 5.74) is 0.704. The minimum absolute atomic E-state index is 0.0633. The molecule has 2 amide bonds. The molecule has 0 saturated heterocycles. The summed E-state index contributed by atoms with van der Waals surface area (Å²) in [6.07, 6.45) is 0. The molecule has 1 aromatic heterocycles. The number of nitrogens with one attached hydrogen (secondary N) is 2. The fraction of sp³-hybridized carbons (Fsp3) is 0.778. The number of hydrogen-bond acceptors (Lipinski definition) is 3. The Labute approximate surface area is 147 Å². The number of amides is 2. The summed E-state index contributed by atoms with van der Waals surface area (Å²) in [7, 11) is 0.